The third kappa shape index (κ3) is 7.32. The number of rotatable bonds is 9. The molecule has 1 amide bonds. The van der Waals surface area contributed by atoms with Gasteiger partial charge in [-0.25, -0.2) is 4.79 Å². The zero-order valence-corrected chi connectivity index (χ0v) is 12.7. The second-order valence-electron chi connectivity index (χ2n) is 5.00. The first-order valence-electron chi connectivity index (χ1n) is 6.86. The molecule has 1 unspecified atom stereocenters. The summed E-state index contributed by atoms with van der Waals surface area (Å²) in [6.07, 6.45) is 1.62. The Balaban J connectivity index is 4.96. The van der Waals surface area contributed by atoms with Crippen LogP contribution in [0.4, 0.5) is 0 Å². The molecule has 0 aliphatic rings. The van der Waals surface area contributed by atoms with Crippen molar-refractivity contribution < 1.29 is 19.8 Å². The lowest BCUT2D eigenvalue weighted by atomic mass is 10.0. The molecule has 0 aromatic heterocycles. The molecular weight excluding hydrogens is 274 g/mol. The van der Waals surface area contributed by atoms with Gasteiger partial charge in [0.25, 0.3) is 5.91 Å². The SMILES string of the molecule is CCN(/C=C(/C#N)C(=O)NC(CC(C)C)C(=O)O)CCO. The fourth-order valence-electron chi connectivity index (χ4n) is 1.69. The fraction of sp³-hybridized carbons (Fsp3) is 0.643. The van der Waals surface area contributed by atoms with E-state index in [0.717, 1.165) is 0 Å². The molecule has 0 aromatic carbocycles. The first-order chi connectivity index (χ1) is 9.85. The third-order valence-corrected chi connectivity index (χ3v) is 2.78. The zero-order valence-electron chi connectivity index (χ0n) is 12.7. The maximum Gasteiger partial charge on any atom is 0.326 e. The molecule has 0 bridgehead atoms. The van der Waals surface area contributed by atoms with Crippen molar-refractivity contribution in [2.45, 2.75) is 33.2 Å². The summed E-state index contributed by atoms with van der Waals surface area (Å²) in [5, 5.41) is 29.3. The van der Waals surface area contributed by atoms with Gasteiger partial charge in [-0.05, 0) is 19.3 Å². The molecule has 0 saturated heterocycles. The molecule has 7 heteroatoms. The number of aliphatic hydroxyl groups is 1. The minimum atomic E-state index is -1.13. The lowest BCUT2D eigenvalue weighted by Crippen LogP contribution is -2.42. The summed E-state index contributed by atoms with van der Waals surface area (Å²) in [6, 6.07) is 0.730. The van der Waals surface area contributed by atoms with Crippen molar-refractivity contribution in [2.75, 3.05) is 19.7 Å². The van der Waals surface area contributed by atoms with E-state index in [1.54, 1.807) is 11.0 Å². The Morgan fingerprint density at radius 2 is 2.05 bits per heavy atom. The zero-order chi connectivity index (χ0) is 16.4. The van der Waals surface area contributed by atoms with Gasteiger partial charge in [0, 0.05) is 19.3 Å². The van der Waals surface area contributed by atoms with E-state index >= 15 is 0 Å². The first-order valence-corrected chi connectivity index (χ1v) is 6.86. The number of hydrogen-bond acceptors (Lipinski definition) is 5. The van der Waals surface area contributed by atoms with E-state index in [4.69, 9.17) is 15.5 Å². The molecule has 118 valence electrons. The van der Waals surface area contributed by atoms with Gasteiger partial charge < -0.3 is 20.4 Å². The van der Waals surface area contributed by atoms with Gasteiger partial charge in [0.05, 0.1) is 6.61 Å². The number of nitriles is 1. The van der Waals surface area contributed by atoms with Gasteiger partial charge in [0.2, 0.25) is 0 Å². The summed E-state index contributed by atoms with van der Waals surface area (Å²) >= 11 is 0. The van der Waals surface area contributed by atoms with Crippen molar-refractivity contribution in [1.29, 1.82) is 5.26 Å². The van der Waals surface area contributed by atoms with E-state index in [2.05, 4.69) is 5.32 Å². The number of aliphatic carboxylic acids is 1. The average molecular weight is 297 g/mol. The first kappa shape index (κ1) is 18.9. The van der Waals surface area contributed by atoms with E-state index in [1.165, 1.54) is 6.20 Å². The number of hydrogen-bond donors (Lipinski definition) is 3. The molecule has 0 radical (unpaired) electrons. The van der Waals surface area contributed by atoms with Crippen molar-refractivity contribution >= 4 is 11.9 Å². The molecule has 0 aliphatic heterocycles. The van der Waals surface area contributed by atoms with Gasteiger partial charge in [0.15, 0.2) is 0 Å². The van der Waals surface area contributed by atoms with Gasteiger partial charge in [0.1, 0.15) is 17.7 Å². The molecule has 0 saturated carbocycles. The van der Waals surface area contributed by atoms with Crippen LogP contribution in [0.1, 0.15) is 27.2 Å². The van der Waals surface area contributed by atoms with Crippen LogP contribution in [-0.2, 0) is 9.59 Å². The smallest absolute Gasteiger partial charge is 0.326 e. The number of aliphatic hydroxyl groups excluding tert-OH is 1. The highest BCUT2D eigenvalue weighted by molar-refractivity contribution is 5.99. The number of amides is 1. The second-order valence-corrected chi connectivity index (χ2v) is 5.00. The number of nitrogens with zero attached hydrogens (tertiary/aromatic N) is 2. The highest BCUT2D eigenvalue weighted by Gasteiger charge is 2.23. The van der Waals surface area contributed by atoms with Crippen LogP contribution >= 0.6 is 0 Å². The number of carboxylic acids is 1. The van der Waals surface area contributed by atoms with E-state index in [1.807, 2.05) is 20.8 Å². The molecule has 7 nitrogen and oxygen atoms in total. The van der Waals surface area contributed by atoms with E-state index in [0.29, 0.717) is 13.1 Å². The van der Waals surface area contributed by atoms with Crippen LogP contribution in [0.15, 0.2) is 11.8 Å². The molecule has 0 aromatic rings. The number of likely N-dealkylation sites (N-methyl/N-ethyl adjacent to an activating group) is 1. The third-order valence-electron chi connectivity index (χ3n) is 2.78. The van der Waals surface area contributed by atoms with E-state index in [-0.39, 0.29) is 24.5 Å². The monoisotopic (exact) mass is 297 g/mol. The Kier molecular flexibility index (Phi) is 8.81. The molecule has 0 fully saturated rings. The second kappa shape index (κ2) is 9.77. The Labute approximate surface area is 124 Å². The van der Waals surface area contributed by atoms with Crippen LogP contribution in [0, 0.1) is 17.2 Å². The quantitative estimate of drug-likeness (QED) is 0.417. The van der Waals surface area contributed by atoms with Crippen molar-refractivity contribution in [1.82, 2.24) is 10.2 Å². The van der Waals surface area contributed by atoms with Gasteiger partial charge in [-0.2, -0.15) is 5.26 Å². The predicted octanol–water partition coefficient (Wildman–Crippen LogP) is 0.324. The number of nitrogens with one attached hydrogen (secondary N) is 1. The summed E-state index contributed by atoms with van der Waals surface area (Å²) in [5.74, 6) is -1.75. The molecule has 0 heterocycles. The maximum atomic E-state index is 12.0. The minimum Gasteiger partial charge on any atom is -0.480 e. The highest BCUT2D eigenvalue weighted by atomic mass is 16.4. The maximum absolute atomic E-state index is 12.0. The lowest BCUT2D eigenvalue weighted by molar-refractivity contribution is -0.141. The number of carbonyl (C=O) groups excluding carboxylic acids is 1. The van der Waals surface area contributed by atoms with Crippen LogP contribution in [-0.4, -0.2) is 52.7 Å². The number of carbonyl (C=O) groups is 2. The standard InChI is InChI=1S/C14H23N3O4/c1-4-17(5-6-18)9-11(8-15)13(19)16-12(14(20)21)7-10(2)3/h9-10,12,18H,4-7H2,1-3H3,(H,16,19)(H,20,21)/b11-9-. The summed E-state index contributed by atoms with van der Waals surface area (Å²) in [7, 11) is 0. The van der Waals surface area contributed by atoms with Gasteiger partial charge >= 0.3 is 5.97 Å². The van der Waals surface area contributed by atoms with Crippen LogP contribution in [0.25, 0.3) is 0 Å². The Morgan fingerprint density at radius 3 is 2.43 bits per heavy atom. The Morgan fingerprint density at radius 1 is 1.43 bits per heavy atom. The molecule has 0 spiro atoms. The Hall–Kier alpha value is -2.07. The van der Waals surface area contributed by atoms with E-state index < -0.39 is 17.9 Å². The molecular formula is C14H23N3O4. The summed E-state index contributed by atoms with van der Waals surface area (Å²) in [5.41, 5.74) is -0.180. The normalized spacial score (nSPS) is 12.7. The highest BCUT2D eigenvalue weighted by Crippen LogP contribution is 2.06. The van der Waals surface area contributed by atoms with Crippen molar-refractivity contribution in [3.63, 3.8) is 0 Å². The van der Waals surface area contributed by atoms with Crippen LogP contribution < -0.4 is 5.32 Å². The summed E-state index contributed by atoms with van der Waals surface area (Å²) < 4.78 is 0. The minimum absolute atomic E-state index is 0.0995. The van der Waals surface area contributed by atoms with Crippen molar-refractivity contribution in [2.24, 2.45) is 5.92 Å². The predicted molar refractivity (Wildman–Crippen MR) is 77.1 cm³/mol. The fourth-order valence-corrected chi connectivity index (χ4v) is 1.69. The van der Waals surface area contributed by atoms with E-state index in [9.17, 15) is 9.59 Å². The topological polar surface area (TPSA) is 114 Å². The summed E-state index contributed by atoms with van der Waals surface area (Å²) in [4.78, 5) is 24.7. The molecule has 21 heavy (non-hydrogen) atoms. The lowest BCUT2D eigenvalue weighted by Gasteiger charge is -2.19. The van der Waals surface area contributed by atoms with Gasteiger partial charge in [-0.3, -0.25) is 4.79 Å². The van der Waals surface area contributed by atoms with Crippen LogP contribution in [0.3, 0.4) is 0 Å². The largest absolute Gasteiger partial charge is 0.480 e. The molecule has 1 atom stereocenters. The van der Waals surface area contributed by atoms with Crippen molar-refractivity contribution in [3.05, 3.63) is 11.8 Å². The molecule has 0 rings (SSSR count). The molecule has 0 aliphatic carbocycles. The Bertz CT molecular complexity index is 426. The van der Waals surface area contributed by atoms with Crippen molar-refractivity contribution in [3.8, 4) is 6.07 Å². The van der Waals surface area contributed by atoms with Crippen LogP contribution in [0.5, 0.6) is 0 Å². The van der Waals surface area contributed by atoms with Gasteiger partial charge in [-0.1, -0.05) is 13.8 Å². The summed E-state index contributed by atoms with van der Waals surface area (Å²) in [6.45, 7) is 6.23. The number of carboxylic acid groups (broad SMARTS) is 1. The average Bonchev–Trinajstić information content (AvgIpc) is 2.41. The van der Waals surface area contributed by atoms with Crippen LogP contribution in [0.2, 0.25) is 0 Å². The molecule has 3 N–H and O–H groups in total. The van der Waals surface area contributed by atoms with Gasteiger partial charge in [-0.15, -0.1) is 0 Å².